The van der Waals surface area contributed by atoms with Crippen molar-refractivity contribution >= 4 is 16.6 Å². The molecule has 2 aromatic rings. The molecule has 2 N–H and O–H groups in total. The minimum atomic E-state index is -0.314. The van der Waals surface area contributed by atoms with Crippen molar-refractivity contribution in [3.8, 4) is 0 Å². The van der Waals surface area contributed by atoms with Crippen molar-refractivity contribution in [2.45, 2.75) is 6.92 Å². The lowest BCUT2D eigenvalue weighted by molar-refractivity contribution is 0.639. The smallest absolute Gasteiger partial charge is 0.134 e. The van der Waals surface area contributed by atoms with Gasteiger partial charge >= 0.3 is 0 Å². The predicted molar refractivity (Wildman–Crippen MR) is 50.9 cm³/mol. The summed E-state index contributed by atoms with van der Waals surface area (Å²) in [7, 11) is 0. The SMILES string of the molecule is Cc1ccc(F)c2c(N)nccc12. The number of nitrogens with two attached hydrogens (primary N) is 1. The maximum Gasteiger partial charge on any atom is 0.134 e. The molecule has 0 saturated carbocycles. The summed E-state index contributed by atoms with van der Waals surface area (Å²) in [6.07, 6.45) is 1.59. The van der Waals surface area contributed by atoms with Gasteiger partial charge in [-0.15, -0.1) is 0 Å². The van der Waals surface area contributed by atoms with E-state index in [1.54, 1.807) is 18.3 Å². The maximum atomic E-state index is 13.3. The number of halogens is 1. The Balaban J connectivity index is 3.00. The molecule has 0 bridgehead atoms. The third-order valence-electron chi connectivity index (χ3n) is 2.12. The number of pyridine rings is 1. The molecule has 0 aliphatic heterocycles. The highest BCUT2D eigenvalue weighted by atomic mass is 19.1. The van der Waals surface area contributed by atoms with Gasteiger partial charge in [0.15, 0.2) is 0 Å². The summed E-state index contributed by atoms with van der Waals surface area (Å²) in [6, 6.07) is 4.91. The van der Waals surface area contributed by atoms with Crippen LogP contribution in [0.1, 0.15) is 5.56 Å². The van der Waals surface area contributed by atoms with Gasteiger partial charge in [0, 0.05) is 6.20 Å². The summed E-state index contributed by atoms with van der Waals surface area (Å²) in [6.45, 7) is 1.92. The van der Waals surface area contributed by atoms with Gasteiger partial charge in [-0.2, -0.15) is 0 Å². The summed E-state index contributed by atoms with van der Waals surface area (Å²) in [5.41, 5.74) is 6.58. The van der Waals surface area contributed by atoms with Gasteiger partial charge in [-0.1, -0.05) is 6.07 Å². The fraction of sp³-hybridized carbons (Fsp3) is 0.100. The van der Waals surface area contributed by atoms with Crippen molar-refractivity contribution in [1.29, 1.82) is 0 Å². The van der Waals surface area contributed by atoms with E-state index in [2.05, 4.69) is 4.98 Å². The molecule has 0 amide bonds. The molecule has 66 valence electrons. The van der Waals surface area contributed by atoms with Crippen molar-refractivity contribution in [2.24, 2.45) is 0 Å². The Morgan fingerprint density at radius 3 is 2.77 bits per heavy atom. The molecule has 3 heteroatoms. The largest absolute Gasteiger partial charge is 0.383 e. The number of fused-ring (bicyclic) bond motifs is 1. The molecule has 1 aromatic heterocycles. The van der Waals surface area contributed by atoms with E-state index in [-0.39, 0.29) is 11.6 Å². The van der Waals surface area contributed by atoms with Crippen molar-refractivity contribution < 1.29 is 4.39 Å². The zero-order valence-corrected chi connectivity index (χ0v) is 7.21. The first-order valence-electron chi connectivity index (χ1n) is 3.99. The average Bonchev–Trinajstić information content (AvgIpc) is 2.12. The molecule has 0 unspecified atom stereocenters. The number of aryl methyl sites for hydroxylation is 1. The van der Waals surface area contributed by atoms with Crippen LogP contribution in [0.5, 0.6) is 0 Å². The van der Waals surface area contributed by atoms with Gasteiger partial charge < -0.3 is 5.73 Å². The monoisotopic (exact) mass is 176 g/mol. The Morgan fingerprint density at radius 2 is 2.08 bits per heavy atom. The molecule has 0 aliphatic rings. The average molecular weight is 176 g/mol. The Labute approximate surface area is 75.2 Å². The summed E-state index contributed by atoms with van der Waals surface area (Å²) in [5, 5.41) is 1.25. The van der Waals surface area contributed by atoms with E-state index in [1.807, 2.05) is 6.92 Å². The van der Waals surface area contributed by atoms with E-state index in [4.69, 9.17) is 5.73 Å². The molecule has 2 nitrogen and oxygen atoms in total. The number of hydrogen-bond donors (Lipinski definition) is 1. The zero-order chi connectivity index (χ0) is 9.42. The van der Waals surface area contributed by atoms with Crippen LogP contribution in [0, 0.1) is 12.7 Å². The van der Waals surface area contributed by atoms with Crippen LogP contribution < -0.4 is 5.73 Å². The second-order valence-electron chi connectivity index (χ2n) is 2.98. The van der Waals surface area contributed by atoms with Crippen molar-refractivity contribution in [3.63, 3.8) is 0 Å². The van der Waals surface area contributed by atoms with Gasteiger partial charge in [-0.05, 0) is 30.0 Å². The maximum absolute atomic E-state index is 13.3. The van der Waals surface area contributed by atoms with Crippen LogP contribution in [0.4, 0.5) is 10.2 Å². The lowest BCUT2D eigenvalue weighted by Gasteiger charge is -2.04. The Hall–Kier alpha value is -1.64. The highest BCUT2D eigenvalue weighted by molar-refractivity contribution is 5.93. The molecule has 0 radical (unpaired) electrons. The number of aromatic nitrogens is 1. The van der Waals surface area contributed by atoms with Crippen molar-refractivity contribution in [2.75, 3.05) is 5.73 Å². The predicted octanol–water partition coefficient (Wildman–Crippen LogP) is 2.26. The second-order valence-corrected chi connectivity index (χ2v) is 2.98. The zero-order valence-electron chi connectivity index (χ0n) is 7.21. The fourth-order valence-corrected chi connectivity index (χ4v) is 1.43. The highest BCUT2D eigenvalue weighted by Crippen LogP contribution is 2.24. The van der Waals surface area contributed by atoms with Crippen LogP contribution in [-0.4, -0.2) is 4.98 Å². The van der Waals surface area contributed by atoms with E-state index in [1.165, 1.54) is 6.07 Å². The number of benzene rings is 1. The van der Waals surface area contributed by atoms with Crippen LogP contribution in [0.25, 0.3) is 10.8 Å². The molecule has 1 heterocycles. The Morgan fingerprint density at radius 1 is 1.31 bits per heavy atom. The normalized spacial score (nSPS) is 10.6. The van der Waals surface area contributed by atoms with E-state index in [0.717, 1.165) is 10.9 Å². The first-order chi connectivity index (χ1) is 6.20. The minimum Gasteiger partial charge on any atom is -0.383 e. The van der Waals surface area contributed by atoms with Gasteiger partial charge in [0.2, 0.25) is 0 Å². The first kappa shape index (κ1) is 7.98. The van der Waals surface area contributed by atoms with E-state index < -0.39 is 0 Å². The molecule has 0 spiro atoms. The Kier molecular flexibility index (Phi) is 1.65. The van der Waals surface area contributed by atoms with Gasteiger partial charge in [-0.25, -0.2) is 9.37 Å². The van der Waals surface area contributed by atoms with Gasteiger partial charge in [-0.3, -0.25) is 0 Å². The van der Waals surface area contributed by atoms with Crippen LogP contribution in [0.15, 0.2) is 24.4 Å². The molecular weight excluding hydrogens is 167 g/mol. The van der Waals surface area contributed by atoms with Gasteiger partial charge in [0.05, 0.1) is 5.39 Å². The van der Waals surface area contributed by atoms with Crippen molar-refractivity contribution in [3.05, 3.63) is 35.8 Å². The second kappa shape index (κ2) is 2.69. The summed E-state index contributed by atoms with van der Waals surface area (Å²) < 4.78 is 13.3. The summed E-state index contributed by atoms with van der Waals surface area (Å²) >= 11 is 0. The van der Waals surface area contributed by atoms with E-state index in [9.17, 15) is 4.39 Å². The lowest BCUT2D eigenvalue weighted by Crippen LogP contribution is -1.94. The summed E-state index contributed by atoms with van der Waals surface area (Å²) in [5.74, 6) is -0.0649. The molecule has 2 rings (SSSR count). The molecule has 0 fully saturated rings. The third-order valence-corrected chi connectivity index (χ3v) is 2.12. The standard InChI is InChI=1S/C10H9FN2/c1-6-2-3-8(11)9-7(6)4-5-13-10(9)12/h2-5H,1H3,(H2,12,13). The van der Waals surface area contributed by atoms with Crippen LogP contribution in [0.2, 0.25) is 0 Å². The van der Waals surface area contributed by atoms with Crippen LogP contribution >= 0.6 is 0 Å². The number of hydrogen-bond acceptors (Lipinski definition) is 2. The summed E-state index contributed by atoms with van der Waals surface area (Å²) in [4.78, 5) is 3.85. The molecule has 0 aliphatic carbocycles. The quantitative estimate of drug-likeness (QED) is 0.668. The number of nitrogens with zero attached hydrogens (tertiary/aromatic N) is 1. The van der Waals surface area contributed by atoms with Crippen LogP contribution in [-0.2, 0) is 0 Å². The Bertz CT molecular complexity index is 457. The molecule has 1 aromatic carbocycles. The van der Waals surface area contributed by atoms with E-state index in [0.29, 0.717) is 5.39 Å². The lowest BCUT2D eigenvalue weighted by atomic mass is 10.1. The fourth-order valence-electron chi connectivity index (χ4n) is 1.43. The third kappa shape index (κ3) is 1.13. The topological polar surface area (TPSA) is 38.9 Å². The number of nitrogen functional groups attached to an aromatic ring is 1. The number of anilines is 1. The molecule has 0 atom stereocenters. The van der Waals surface area contributed by atoms with Crippen molar-refractivity contribution in [1.82, 2.24) is 4.98 Å². The van der Waals surface area contributed by atoms with Gasteiger partial charge in [0.1, 0.15) is 11.6 Å². The molecular formula is C10H9FN2. The molecule has 13 heavy (non-hydrogen) atoms. The molecule has 0 saturated heterocycles. The van der Waals surface area contributed by atoms with E-state index >= 15 is 0 Å². The highest BCUT2D eigenvalue weighted by Gasteiger charge is 2.06. The van der Waals surface area contributed by atoms with Crippen LogP contribution in [0.3, 0.4) is 0 Å². The first-order valence-corrected chi connectivity index (χ1v) is 3.99. The minimum absolute atomic E-state index is 0.249. The van der Waals surface area contributed by atoms with Gasteiger partial charge in [0.25, 0.3) is 0 Å². The number of rotatable bonds is 0.